The van der Waals surface area contributed by atoms with E-state index < -0.39 is 5.97 Å². The maximum Gasteiger partial charge on any atom is 0.303 e. The molecule has 2 aliphatic rings. The van der Waals surface area contributed by atoms with Crippen LogP contribution in [0.3, 0.4) is 0 Å². The Morgan fingerprint density at radius 3 is 2.34 bits per heavy atom. The second kappa shape index (κ2) is 15.3. The molecule has 0 radical (unpaired) electrons. The van der Waals surface area contributed by atoms with Crippen LogP contribution in [0.1, 0.15) is 38.2 Å². The molecule has 2 N–H and O–H groups in total. The number of nitrogens with zero attached hydrogens (tertiary/aromatic N) is 6. The molecule has 1 atom stereocenters. The van der Waals surface area contributed by atoms with Crippen LogP contribution >= 0.6 is 23.2 Å². The van der Waals surface area contributed by atoms with Gasteiger partial charge in [-0.25, -0.2) is 15.0 Å². The number of carboxylic acid groups (broad SMARTS) is 1. The topological polar surface area (TPSA) is 107 Å². The van der Waals surface area contributed by atoms with E-state index in [1.54, 1.807) is 18.5 Å². The summed E-state index contributed by atoms with van der Waals surface area (Å²) in [6.45, 7) is 9.41. The Hall–Kier alpha value is -3.02. The molecule has 1 unspecified atom stereocenters. The molecule has 0 saturated carbocycles. The van der Waals surface area contributed by atoms with E-state index in [2.05, 4.69) is 36.9 Å². The van der Waals surface area contributed by atoms with Crippen LogP contribution in [0.15, 0.2) is 42.7 Å². The average Bonchev–Trinajstić information content (AvgIpc) is 3.00. The van der Waals surface area contributed by atoms with E-state index in [1.165, 1.54) is 0 Å². The summed E-state index contributed by atoms with van der Waals surface area (Å²) >= 11 is 12.6. The van der Waals surface area contributed by atoms with E-state index in [-0.39, 0.29) is 12.3 Å². The van der Waals surface area contributed by atoms with Gasteiger partial charge < -0.3 is 20.1 Å². The van der Waals surface area contributed by atoms with Gasteiger partial charge in [-0.3, -0.25) is 14.6 Å². The number of hydrogen-bond donors (Lipinski definition) is 2. The number of nitrogens with one attached hydrogen (secondary N) is 1. The molecular weight excluding hydrogens is 601 g/mol. The van der Waals surface area contributed by atoms with Crippen molar-refractivity contribution >= 4 is 35.1 Å². The highest BCUT2D eigenvalue weighted by Crippen LogP contribution is 2.31. The molecule has 0 spiro atoms. The van der Waals surface area contributed by atoms with Crippen LogP contribution in [-0.4, -0.2) is 94.7 Å². The molecule has 2 fully saturated rings. The van der Waals surface area contributed by atoms with Crippen LogP contribution in [0.4, 0.5) is 5.95 Å². The molecule has 0 amide bonds. The lowest BCUT2D eigenvalue weighted by molar-refractivity contribution is -0.138. The lowest BCUT2D eigenvalue weighted by Crippen LogP contribution is -2.50. The number of rotatable bonds is 12. The number of piperazine rings is 1. The van der Waals surface area contributed by atoms with E-state index in [4.69, 9.17) is 38.0 Å². The molecule has 44 heavy (non-hydrogen) atoms. The van der Waals surface area contributed by atoms with Crippen LogP contribution in [0.2, 0.25) is 10.0 Å². The van der Waals surface area contributed by atoms with Gasteiger partial charge in [-0.2, -0.15) is 0 Å². The number of likely N-dealkylation sites (tertiary alicyclic amines) is 1. The number of hydrogen-bond acceptors (Lipinski definition) is 9. The number of ether oxygens (including phenoxy) is 1. The molecule has 2 aromatic heterocycles. The zero-order chi connectivity index (χ0) is 31.1. The second-order valence-corrected chi connectivity index (χ2v) is 12.6. The number of carbonyl (C=O) groups is 1. The number of aromatic nitrogens is 3. The number of anilines is 1. The first-order valence-electron chi connectivity index (χ1n) is 15.3. The van der Waals surface area contributed by atoms with E-state index in [0.717, 1.165) is 76.2 Å². The first-order valence-corrected chi connectivity index (χ1v) is 16.1. The predicted molar refractivity (Wildman–Crippen MR) is 174 cm³/mol. The highest BCUT2D eigenvalue weighted by Gasteiger charge is 2.23. The summed E-state index contributed by atoms with van der Waals surface area (Å²) in [7, 11) is 1.99. The van der Waals surface area contributed by atoms with Gasteiger partial charge in [0.05, 0.1) is 18.1 Å². The fraction of sp³-hybridized carbons (Fsp3) is 0.500. The van der Waals surface area contributed by atoms with Gasteiger partial charge in [0.25, 0.3) is 0 Å². The van der Waals surface area contributed by atoms with Crippen LogP contribution in [-0.2, 0) is 11.3 Å². The van der Waals surface area contributed by atoms with Gasteiger partial charge in [0.15, 0.2) is 5.75 Å². The standard InChI is InChI=1S/C32H41Cl2N7O3/c1-22(3-6-35-2)40-9-11-41(12-10-40)32-36-19-28(20-37-32)44-30-14-24(21-39-7-4-23(5-8-39)15-31(42)43)13-29(38-30)25-16-26(33)18-27(34)17-25/h13-14,16-20,22-23,35H,3-12,15,21H2,1-2H3,(H,42,43). The van der Waals surface area contributed by atoms with Gasteiger partial charge in [-0.1, -0.05) is 23.2 Å². The largest absolute Gasteiger partial charge is 0.481 e. The van der Waals surface area contributed by atoms with Crippen molar-refractivity contribution in [2.75, 3.05) is 57.8 Å². The molecule has 2 saturated heterocycles. The highest BCUT2D eigenvalue weighted by atomic mass is 35.5. The lowest BCUT2D eigenvalue weighted by atomic mass is 9.93. The fourth-order valence-corrected chi connectivity index (χ4v) is 6.48. The van der Waals surface area contributed by atoms with Gasteiger partial charge >= 0.3 is 5.97 Å². The monoisotopic (exact) mass is 641 g/mol. The molecule has 12 heteroatoms. The molecule has 1 aromatic carbocycles. The Kier molecular flexibility index (Phi) is 11.3. The summed E-state index contributed by atoms with van der Waals surface area (Å²) < 4.78 is 6.20. The Morgan fingerprint density at radius 1 is 1.02 bits per heavy atom. The van der Waals surface area contributed by atoms with E-state index >= 15 is 0 Å². The number of benzene rings is 1. The zero-order valence-corrected chi connectivity index (χ0v) is 26.9. The molecule has 236 valence electrons. The minimum Gasteiger partial charge on any atom is -0.481 e. The van der Waals surface area contributed by atoms with Gasteiger partial charge in [-0.05, 0) is 88.6 Å². The molecular formula is C32H41Cl2N7O3. The minimum absolute atomic E-state index is 0.225. The number of carboxylic acids is 1. The van der Waals surface area contributed by atoms with Crippen molar-refractivity contribution in [3.63, 3.8) is 0 Å². The van der Waals surface area contributed by atoms with Crippen molar-refractivity contribution in [3.8, 4) is 22.9 Å². The fourth-order valence-electron chi connectivity index (χ4n) is 5.95. The van der Waals surface area contributed by atoms with E-state index in [1.807, 2.05) is 31.3 Å². The van der Waals surface area contributed by atoms with Crippen molar-refractivity contribution < 1.29 is 14.6 Å². The van der Waals surface area contributed by atoms with Gasteiger partial charge in [-0.15, -0.1) is 0 Å². The predicted octanol–water partition coefficient (Wildman–Crippen LogP) is 5.44. The minimum atomic E-state index is -0.728. The average molecular weight is 643 g/mol. The van der Waals surface area contributed by atoms with Gasteiger partial charge in [0.1, 0.15) is 0 Å². The quantitative estimate of drug-likeness (QED) is 0.265. The van der Waals surface area contributed by atoms with Crippen molar-refractivity contribution in [3.05, 3.63) is 58.3 Å². The first-order chi connectivity index (χ1) is 21.2. The SMILES string of the molecule is CNCCC(C)N1CCN(c2ncc(Oc3cc(CN4CCC(CC(=O)O)CC4)cc(-c4cc(Cl)cc(Cl)c4)n3)cn2)CC1. The molecule has 5 rings (SSSR count). The van der Waals surface area contributed by atoms with Crippen molar-refractivity contribution in [1.29, 1.82) is 0 Å². The normalized spacial score (nSPS) is 17.5. The number of halogens is 2. The Morgan fingerprint density at radius 2 is 1.70 bits per heavy atom. The molecule has 3 aromatic rings. The van der Waals surface area contributed by atoms with Crippen LogP contribution < -0.4 is 15.0 Å². The molecule has 10 nitrogen and oxygen atoms in total. The van der Waals surface area contributed by atoms with E-state index in [9.17, 15) is 4.79 Å². The summed E-state index contributed by atoms with van der Waals surface area (Å²) in [6.07, 6.45) is 6.49. The number of piperidine rings is 1. The van der Waals surface area contributed by atoms with Crippen LogP contribution in [0.25, 0.3) is 11.3 Å². The summed E-state index contributed by atoms with van der Waals surface area (Å²) in [5.41, 5.74) is 2.51. The van der Waals surface area contributed by atoms with Crippen molar-refractivity contribution in [2.45, 2.75) is 45.2 Å². The highest BCUT2D eigenvalue weighted by molar-refractivity contribution is 6.35. The number of aliphatic carboxylic acids is 1. The van der Waals surface area contributed by atoms with Crippen LogP contribution in [0.5, 0.6) is 11.6 Å². The Balaban J connectivity index is 1.28. The molecule has 4 heterocycles. The summed E-state index contributed by atoms with van der Waals surface area (Å²) in [5.74, 6) is 1.12. The third-order valence-electron chi connectivity index (χ3n) is 8.47. The van der Waals surface area contributed by atoms with E-state index in [0.29, 0.717) is 45.9 Å². The van der Waals surface area contributed by atoms with Gasteiger partial charge in [0, 0.05) is 66.9 Å². The molecule has 0 aliphatic carbocycles. The lowest BCUT2D eigenvalue weighted by Gasteiger charge is -2.38. The third-order valence-corrected chi connectivity index (χ3v) is 8.90. The maximum atomic E-state index is 11.1. The van der Waals surface area contributed by atoms with Crippen molar-refractivity contribution in [1.82, 2.24) is 30.1 Å². The van der Waals surface area contributed by atoms with Gasteiger partial charge in [0.2, 0.25) is 11.8 Å². The maximum absolute atomic E-state index is 11.1. The summed E-state index contributed by atoms with van der Waals surface area (Å²) in [5, 5.41) is 13.5. The summed E-state index contributed by atoms with van der Waals surface area (Å²) in [4.78, 5) is 32.2. The smallest absolute Gasteiger partial charge is 0.303 e. The second-order valence-electron chi connectivity index (χ2n) is 11.8. The Bertz CT molecular complexity index is 1370. The Labute approximate surface area is 269 Å². The summed E-state index contributed by atoms with van der Waals surface area (Å²) in [6, 6.07) is 9.86. The number of pyridine rings is 1. The third kappa shape index (κ3) is 9.01. The van der Waals surface area contributed by atoms with Crippen molar-refractivity contribution in [2.24, 2.45) is 5.92 Å². The molecule has 0 bridgehead atoms. The first kappa shape index (κ1) is 32.4. The zero-order valence-electron chi connectivity index (χ0n) is 25.4. The molecule has 2 aliphatic heterocycles. The van der Waals surface area contributed by atoms with Crippen LogP contribution in [0, 0.1) is 5.92 Å².